The first-order valence-corrected chi connectivity index (χ1v) is 13.2. The van der Waals surface area contributed by atoms with Gasteiger partial charge in [-0.2, -0.15) is 5.10 Å². The van der Waals surface area contributed by atoms with Crippen LogP contribution in [0.15, 0.2) is 60.8 Å². The number of nitrogens with zero attached hydrogens (tertiary/aromatic N) is 4. The van der Waals surface area contributed by atoms with Crippen LogP contribution < -0.4 is 0 Å². The van der Waals surface area contributed by atoms with Gasteiger partial charge in [0.25, 0.3) is 5.91 Å². The first kappa shape index (κ1) is 21.9. The van der Waals surface area contributed by atoms with Crippen molar-refractivity contribution in [2.45, 2.75) is 19.4 Å². The number of amides is 1. The molecule has 1 atom stereocenters. The van der Waals surface area contributed by atoms with Crippen LogP contribution in [0.1, 0.15) is 22.3 Å². The van der Waals surface area contributed by atoms with Crippen molar-refractivity contribution < 1.29 is 13.2 Å². The van der Waals surface area contributed by atoms with Crippen LogP contribution >= 0.6 is 0 Å². The Labute approximate surface area is 194 Å². The zero-order valence-electron chi connectivity index (χ0n) is 18.7. The average molecular weight is 465 g/mol. The van der Waals surface area contributed by atoms with Gasteiger partial charge in [0.15, 0.2) is 9.84 Å². The van der Waals surface area contributed by atoms with Gasteiger partial charge in [-0.3, -0.25) is 9.69 Å². The van der Waals surface area contributed by atoms with Gasteiger partial charge in [-0.1, -0.05) is 42.5 Å². The molecule has 2 fully saturated rings. The molecule has 172 valence electrons. The molecule has 2 saturated heterocycles. The van der Waals surface area contributed by atoms with E-state index in [2.05, 4.69) is 4.90 Å². The molecule has 5 rings (SSSR count). The normalized spacial score (nSPS) is 20.8. The number of hydrogen-bond donors (Lipinski definition) is 0. The fourth-order valence-electron chi connectivity index (χ4n) is 4.80. The van der Waals surface area contributed by atoms with Crippen molar-refractivity contribution in [1.82, 2.24) is 19.6 Å². The van der Waals surface area contributed by atoms with E-state index in [1.807, 2.05) is 72.6 Å². The van der Waals surface area contributed by atoms with E-state index in [0.717, 1.165) is 16.8 Å². The number of rotatable bonds is 4. The molecule has 0 unspecified atom stereocenters. The molecular weight excluding hydrogens is 436 g/mol. The van der Waals surface area contributed by atoms with Gasteiger partial charge in [0.1, 0.15) is 5.69 Å². The number of carbonyl (C=O) groups excluding carboxylic acids is 1. The Balaban J connectivity index is 1.41. The van der Waals surface area contributed by atoms with Crippen molar-refractivity contribution in [3.8, 4) is 16.9 Å². The second-order valence-corrected chi connectivity index (χ2v) is 11.1. The molecule has 33 heavy (non-hydrogen) atoms. The minimum absolute atomic E-state index is 0.0332. The lowest BCUT2D eigenvalue weighted by Gasteiger charge is -2.37. The second kappa shape index (κ2) is 8.76. The number of sulfone groups is 1. The molecule has 2 aliphatic rings. The molecule has 7 nitrogen and oxygen atoms in total. The van der Waals surface area contributed by atoms with Crippen molar-refractivity contribution in [3.05, 3.63) is 71.9 Å². The van der Waals surface area contributed by atoms with Crippen LogP contribution in [0.25, 0.3) is 16.9 Å². The number of piperazine rings is 1. The quantitative estimate of drug-likeness (QED) is 0.594. The summed E-state index contributed by atoms with van der Waals surface area (Å²) >= 11 is 0. The van der Waals surface area contributed by atoms with E-state index in [1.165, 1.54) is 0 Å². The van der Waals surface area contributed by atoms with Gasteiger partial charge in [0.2, 0.25) is 0 Å². The maximum absolute atomic E-state index is 13.6. The molecule has 2 aromatic carbocycles. The fourth-order valence-corrected chi connectivity index (χ4v) is 6.57. The number of hydrogen-bond acceptors (Lipinski definition) is 5. The Morgan fingerprint density at radius 2 is 1.67 bits per heavy atom. The zero-order chi connectivity index (χ0) is 23.0. The summed E-state index contributed by atoms with van der Waals surface area (Å²) in [7, 11) is -2.91. The highest BCUT2D eigenvalue weighted by molar-refractivity contribution is 7.91. The minimum Gasteiger partial charge on any atom is -0.336 e. The molecule has 0 N–H and O–H groups in total. The predicted molar refractivity (Wildman–Crippen MR) is 128 cm³/mol. The molecule has 1 amide bonds. The van der Waals surface area contributed by atoms with E-state index in [9.17, 15) is 13.2 Å². The van der Waals surface area contributed by atoms with Crippen LogP contribution in [0.3, 0.4) is 0 Å². The predicted octanol–water partition coefficient (Wildman–Crippen LogP) is 2.79. The zero-order valence-corrected chi connectivity index (χ0v) is 19.5. The lowest BCUT2D eigenvalue weighted by molar-refractivity contribution is 0.0588. The highest BCUT2D eigenvalue weighted by Gasteiger charge is 2.35. The van der Waals surface area contributed by atoms with Crippen LogP contribution in [0.2, 0.25) is 0 Å². The van der Waals surface area contributed by atoms with Gasteiger partial charge in [-0.25, -0.2) is 13.1 Å². The molecule has 3 aromatic rings. The molecule has 1 aromatic heterocycles. The lowest BCUT2D eigenvalue weighted by atomic mass is 10.0. The van der Waals surface area contributed by atoms with E-state index >= 15 is 0 Å². The summed E-state index contributed by atoms with van der Waals surface area (Å²) in [6.07, 6.45) is 2.52. The summed E-state index contributed by atoms with van der Waals surface area (Å²) in [5.41, 5.74) is 4.19. The summed E-state index contributed by atoms with van der Waals surface area (Å²) in [4.78, 5) is 17.7. The van der Waals surface area contributed by atoms with Gasteiger partial charge in [-0.05, 0) is 31.0 Å². The molecule has 2 aliphatic heterocycles. The number of aromatic nitrogens is 2. The van der Waals surface area contributed by atoms with Gasteiger partial charge < -0.3 is 4.90 Å². The fraction of sp³-hybridized carbons (Fsp3) is 0.360. The Morgan fingerprint density at radius 1 is 0.970 bits per heavy atom. The number of carbonyl (C=O) groups is 1. The van der Waals surface area contributed by atoms with E-state index in [-0.39, 0.29) is 23.5 Å². The van der Waals surface area contributed by atoms with E-state index in [1.54, 1.807) is 4.68 Å². The maximum Gasteiger partial charge on any atom is 0.257 e. The molecule has 0 radical (unpaired) electrons. The van der Waals surface area contributed by atoms with E-state index < -0.39 is 9.84 Å². The van der Waals surface area contributed by atoms with Gasteiger partial charge in [0, 0.05) is 44.0 Å². The molecule has 0 saturated carbocycles. The number of benzene rings is 2. The van der Waals surface area contributed by atoms with Gasteiger partial charge in [-0.15, -0.1) is 0 Å². The smallest absolute Gasteiger partial charge is 0.257 e. The molecule has 8 heteroatoms. The van der Waals surface area contributed by atoms with Crippen LogP contribution in [0.4, 0.5) is 0 Å². The van der Waals surface area contributed by atoms with Crippen molar-refractivity contribution in [3.63, 3.8) is 0 Å². The van der Waals surface area contributed by atoms with Gasteiger partial charge >= 0.3 is 0 Å². The van der Waals surface area contributed by atoms with Crippen LogP contribution in [-0.2, 0) is 9.84 Å². The maximum atomic E-state index is 13.6. The topological polar surface area (TPSA) is 75.5 Å². The second-order valence-electron chi connectivity index (χ2n) is 8.87. The number of para-hydroxylation sites is 1. The van der Waals surface area contributed by atoms with Crippen LogP contribution in [0.5, 0.6) is 0 Å². The summed E-state index contributed by atoms with van der Waals surface area (Å²) in [6, 6.07) is 17.9. The van der Waals surface area contributed by atoms with Crippen molar-refractivity contribution in [2.75, 3.05) is 37.7 Å². The third-order valence-electron chi connectivity index (χ3n) is 6.69. The third kappa shape index (κ3) is 4.45. The molecule has 0 bridgehead atoms. The standard InChI is InChI=1S/C25H28N4O3S/c1-19-7-5-6-10-22(19)24-23(17-29(26-24)20-8-3-2-4-9-20)25(30)28-14-12-27(13-15-28)21-11-16-33(31,32)18-21/h2-10,17,21H,11-16,18H2,1H3/t21-/m1/s1. The average Bonchev–Trinajstić information content (AvgIpc) is 3.43. The number of aryl methyl sites for hydroxylation is 1. The van der Waals surface area contributed by atoms with Gasteiger partial charge in [0.05, 0.1) is 22.8 Å². The Hall–Kier alpha value is -2.97. The molecule has 0 aliphatic carbocycles. The Kier molecular flexibility index (Phi) is 5.80. The molecule has 3 heterocycles. The SMILES string of the molecule is Cc1ccccc1-c1nn(-c2ccccc2)cc1C(=O)N1CCN([C@@H]2CCS(=O)(=O)C2)CC1. The molecular formula is C25H28N4O3S. The van der Waals surface area contributed by atoms with E-state index in [4.69, 9.17) is 5.10 Å². The Bertz CT molecular complexity index is 1260. The summed E-state index contributed by atoms with van der Waals surface area (Å²) in [5.74, 6) is 0.478. The van der Waals surface area contributed by atoms with Crippen molar-refractivity contribution >= 4 is 15.7 Å². The summed E-state index contributed by atoms with van der Waals surface area (Å²) in [6.45, 7) is 4.58. The third-order valence-corrected chi connectivity index (χ3v) is 8.44. The summed E-state index contributed by atoms with van der Waals surface area (Å²) < 4.78 is 25.5. The highest BCUT2D eigenvalue weighted by atomic mass is 32.2. The monoisotopic (exact) mass is 464 g/mol. The summed E-state index contributed by atoms with van der Waals surface area (Å²) in [5, 5.41) is 4.81. The highest BCUT2D eigenvalue weighted by Crippen LogP contribution is 2.28. The van der Waals surface area contributed by atoms with Crippen LogP contribution in [0, 0.1) is 6.92 Å². The largest absolute Gasteiger partial charge is 0.336 e. The lowest BCUT2D eigenvalue weighted by Crippen LogP contribution is -2.52. The van der Waals surface area contributed by atoms with Crippen molar-refractivity contribution in [1.29, 1.82) is 0 Å². The van der Waals surface area contributed by atoms with Crippen molar-refractivity contribution in [2.24, 2.45) is 0 Å². The Morgan fingerprint density at radius 3 is 2.33 bits per heavy atom. The first-order chi connectivity index (χ1) is 15.9. The van der Waals surface area contributed by atoms with E-state index in [0.29, 0.717) is 43.9 Å². The van der Waals surface area contributed by atoms with Crippen LogP contribution in [-0.4, -0.2) is 77.6 Å². The first-order valence-electron chi connectivity index (χ1n) is 11.4. The minimum atomic E-state index is -2.91. The molecule has 0 spiro atoms.